The maximum absolute atomic E-state index is 12.5. The molecule has 0 aliphatic carbocycles. The molecule has 0 spiro atoms. The van der Waals surface area contributed by atoms with Crippen LogP contribution in [0.15, 0.2) is 52.9 Å². The summed E-state index contributed by atoms with van der Waals surface area (Å²) in [6, 6.07) is 14.6. The van der Waals surface area contributed by atoms with E-state index in [1.165, 1.54) is 0 Å². The van der Waals surface area contributed by atoms with Crippen molar-refractivity contribution in [3.05, 3.63) is 59.3 Å². The SMILES string of the molecule is CCNc1c(C(=O)Nc2cccc(Cl)c2)oc2ccccc12. The van der Waals surface area contributed by atoms with Gasteiger partial charge >= 0.3 is 0 Å². The average molecular weight is 315 g/mol. The Morgan fingerprint density at radius 2 is 2.00 bits per heavy atom. The molecule has 0 aliphatic heterocycles. The molecular formula is C17H15ClN2O2. The Bertz CT molecular complexity index is 826. The predicted molar refractivity (Wildman–Crippen MR) is 89.8 cm³/mol. The van der Waals surface area contributed by atoms with Crippen LogP contribution in [0.4, 0.5) is 11.4 Å². The highest BCUT2D eigenvalue weighted by molar-refractivity contribution is 6.31. The molecule has 0 unspecified atom stereocenters. The zero-order chi connectivity index (χ0) is 15.5. The molecule has 1 heterocycles. The number of halogens is 1. The molecule has 0 radical (unpaired) electrons. The molecule has 2 N–H and O–H groups in total. The number of fused-ring (bicyclic) bond motifs is 1. The first kappa shape index (κ1) is 14.5. The normalized spacial score (nSPS) is 10.6. The lowest BCUT2D eigenvalue weighted by molar-refractivity contribution is 0.0999. The topological polar surface area (TPSA) is 54.3 Å². The van der Waals surface area contributed by atoms with Crippen molar-refractivity contribution in [3.63, 3.8) is 0 Å². The van der Waals surface area contributed by atoms with Gasteiger partial charge in [0.2, 0.25) is 5.76 Å². The van der Waals surface area contributed by atoms with Gasteiger partial charge in [0.25, 0.3) is 5.91 Å². The average Bonchev–Trinajstić information content (AvgIpc) is 2.87. The van der Waals surface area contributed by atoms with Gasteiger partial charge < -0.3 is 15.1 Å². The third-order valence-corrected chi connectivity index (χ3v) is 3.47. The summed E-state index contributed by atoms with van der Waals surface area (Å²) in [6.45, 7) is 2.67. The highest BCUT2D eigenvalue weighted by atomic mass is 35.5. The van der Waals surface area contributed by atoms with E-state index >= 15 is 0 Å². The fourth-order valence-electron chi connectivity index (χ4n) is 2.31. The highest BCUT2D eigenvalue weighted by Crippen LogP contribution is 2.31. The molecule has 0 atom stereocenters. The quantitative estimate of drug-likeness (QED) is 0.729. The summed E-state index contributed by atoms with van der Waals surface area (Å²) in [5, 5.41) is 7.45. The van der Waals surface area contributed by atoms with Gasteiger partial charge in [-0.05, 0) is 37.3 Å². The summed E-state index contributed by atoms with van der Waals surface area (Å²) in [4.78, 5) is 12.5. The summed E-state index contributed by atoms with van der Waals surface area (Å²) in [7, 11) is 0. The van der Waals surface area contributed by atoms with Crippen LogP contribution in [-0.4, -0.2) is 12.5 Å². The molecule has 22 heavy (non-hydrogen) atoms. The largest absolute Gasteiger partial charge is 0.449 e. The second kappa shape index (κ2) is 6.12. The molecule has 3 aromatic rings. The van der Waals surface area contributed by atoms with E-state index in [4.69, 9.17) is 16.0 Å². The second-order valence-electron chi connectivity index (χ2n) is 4.80. The smallest absolute Gasteiger partial charge is 0.293 e. The van der Waals surface area contributed by atoms with E-state index in [2.05, 4.69) is 10.6 Å². The maximum atomic E-state index is 12.5. The number of nitrogens with one attached hydrogen (secondary N) is 2. The minimum atomic E-state index is -0.311. The second-order valence-corrected chi connectivity index (χ2v) is 5.23. The van der Waals surface area contributed by atoms with Crippen LogP contribution in [0, 0.1) is 0 Å². The minimum absolute atomic E-state index is 0.267. The number of furan rings is 1. The molecule has 0 fully saturated rings. The number of benzene rings is 2. The van der Waals surface area contributed by atoms with Gasteiger partial charge in [-0.25, -0.2) is 0 Å². The fourth-order valence-corrected chi connectivity index (χ4v) is 2.50. The van der Waals surface area contributed by atoms with Crippen molar-refractivity contribution >= 4 is 39.9 Å². The Kier molecular flexibility index (Phi) is 4.02. The number of rotatable bonds is 4. The van der Waals surface area contributed by atoms with Crippen LogP contribution in [0.5, 0.6) is 0 Å². The van der Waals surface area contributed by atoms with Crippen LogP contribution < -0.4 is 10.6 Å². The van der Waals surface area contributed by atoms with Gasteiger partial charge in [0.1, 0.15) is 5.58 Å². The lowest BCUT2D eigenvalue weighted by atomic mass is 10.2. The molecular weight excluding hydrogens is 300 g/mol. The molecule has 4 nitrogen and oxygen atoms in total. The number of carbonyl (C=O) groups excluding carboxylic acids is 1. The predicted octanol–water partition coefficient (Wildman–Crippen LogP) is 4.77. The maximum Gasteiger partial charge on any atom is 0.293 e. The van der Waals surface area contributed by atoms with Crippen LogP contribution in [0.1, 0.15) is 17.5 Å². The standard InChI is InChI=1S/C17H15ClN2O2/c1-2-19-15-13-8-3-4-9-14(13)22-16(15)17(21)20-12-7-5-6-11(18)10-12/h3-10,19H,2H2,1H3,(H,20,21). The molecule has 112 valence electrons. The van der Waals surface area contributed by atoms with E-state index in [-0.39, 0.29) is 11.7 Å². The monoisotopic (exact) mass is 314 g/mol. The van der Waals surface area contributed by atoms with Crippen molar-refractivity contribution in [2.75, 3.05) is 17.2 Å². The molecule has 0 bridgehead atoms. The molecule has 3 rings (SSSR count). The van der Waals surface area contributed by atoms with Crippen LogP contribution in [0.2, 0.25) is 5.02 Å². The zero-order valence-corrected chi connectivity index (χ0v) is 12.8. The van der Waals surface area contributed by atoms with Gasteiger partial charge in [-0.2, -0.15) is 0 Å². The summed E-state index contributed by atoms with van der Waals surface area (Å²) in [6.07, 6.45) is 0. The van der Waals surface area contributed by atoms with Gasteiger partial charge in [0.15, 0.2) is 0 Å². The Balaban J connectivity index is 1.98. The van der Waals surface area contributed by atoms with Crippen LogP contribution in [0.25, 0.3) is 11.0 Å². The molecule has 0 aliphatic rings. The molecule has 1 aromatic heterocycles. The van der Waals surface area contributed by atoms with Crippen molar-refractivity contribution in [2.24, 2.45) is 0 Å². The first-order valence-electron chi connectivity index (χ1n) is 7.01. The van der Waals surface area contributed by atoms with E-state index in [1.54, 1.807) is 24.3 Å². The Morgan fingerprint density at radius 1 is 1.18 bits per heavy atom. The van der Waals surface area contributed by atoms with Crippen LogP contribution in [0.3, 0.4) is 0 Å². The van der Waals surface area contributed by atoms with Gasteiger partial charge in [0.05, 0.1) is 5.69 Å². The third-order valence-electron chi connectivity index (χ3n) is 3.24. The first-order chi connectivity index (χ1) is 10.7. The highest BCUT2D eigenvalue weighted by Gasteiger charge is 2.20. The molecule has 1 amide bonds. The fraction of sp³-hybridized carbons (Fsp3) is 0.118. The lowest BCUT2D eigenvalue weighted by Crippen LogP contribution is -2.13. The number of para-hydroxylation sites is 1. The molecule has 0 saturated carbocycles. The van der Waals surface area contributed by atoms with E-state index in [0.717, 1.165) is 5.39 Å². The van der Waals surface area contributed by atoms with Crippen LogP contribution >= 0.6 is 11.6 Å². The number of anilines is 2. The number of hydrogen-bond donors (Lipinski definition) is 2. The summed E-state index contributed by atoms with van der Waals surface area (Å²) >= 11 is 5.93. The number of hydrogen-bond acceptors (Lipinski definition) is 3. The van der Waals surface area contributed by atoms with Gasteiger partial charge in [-0.1, -0.05) is 29.8 Å². The minimum Gasteiger partial charge on any atom is -0.449 e. The van der Waals surface area contributed by atoms with Crippen molar-refractivity contribution < 1.29 is 9.21 Å². The lowest BCUT2D eigenvalue weighted by Gasteiger charge is -2.06. The van der Waals surface area contributed by atoms with Crippen molar-refractivity contribution in [2.45, 2.75) is 6.92 Å². The van der Waals surface area contributed by atoms with E-state index in [1.807, 2.05) is 31.2 Å². The van der Waals surface area contributed by atoms with Gasteiger partial charge in [-0.3, -0.25) is 4.79 Å². The Hall–Kier alpha value is -2.46. The summed E-state index contributed by atoms with van der Waals surface area (Å²) in [5.74, 6) is -0.0440. The van der Waals surface area contributed by atoms with Gasteiger partial charge in [-0.15, -0.1) is 0 Å². The Labute approximate surface area is 133 Å². The number of amides is 1. The van der Waals surface area contributed by atoms with Crippen molar-refractivity contribution in [1.29, 1.82) is 0 Å². The third kappa shape index (κ3) is 2.78. The Morgan fingerprint density at radius 3 is 2.77 bits per heavy atom. The van der Waals surface area contributed by atoms with E-state index in [9.17, 15) is 4.79 Å². The van der Waals surface area contributed by atoms with Crippen molar-refractivity contribution in [3.8, 4) is 0 Å². The molecule has 5 heteroatoms. The van der Waals surface area contributed by atoms with Crippen LogP contribution in [-0.2, 0) is 0 Å². The molecule has 0 saturated heterocycles. The van der Waals surface area contributed by atoms with E-state index in [0.29, 0.717) is 28.5 Å². The van der Waals surface area contributed by atoms with Gasteiger partial charge in [0, 0.05) is 22.6 Å². The van der Waals surface area contributed by atoms with E-state index < -0.39 is 0 Å². The van der Waals surface area contributed by atoms with Crippen molar-refractivity contribution in [1.82, 2.24) is 0 Å². The first-order valence-corrected chi connectivity index (χ1v) is 7.39. The zero-order valence-electron chi connectivity index (χ0n) is 12.0. The number of carbonyl (C=O) groups is 1. The summed E-state index contributed by atoms with van der Waals surface area (Å²) < 4.78 is 5.71. The molecule has 2 aromatic carbocycles. The summed E-state index contributed by atoms with van der Waals surface area (Å²) in [5.41, 5.74) is 2.01.